The van der Waals surface area contributed by atoms with E-state index in [0.717, 1.165) is 24.7 Å². The average Bonchev–Trinajstić information content (AvgIpc) is 3.15. The normalized spacial score (nSPS) is 28.7. The lowest BCUT2D eigenvalue weighted by Crippen LogP contribution is -2.29. The van der Waals surface area contributed by atoms with Gasteiger partial charge in [0, 0.05) is 13.0 Å². The van der Waals surface area contributed by atoms with Gasteiger partial charge in [-0.1, -0.05) is 26.0 Å². The molecule has 0 N–H and O–H groups in total. The number of benzene rings is 1. The van der Waals surface area contributed by atoms with E-state index in [-0.39, 0.29) is 6.29 Å². The molecular weight excluding hydrogens is 284 g/mol. The van der Waals surface area contributed by atoms with Crippen molar-refractivity contribution in [2.24, 2.45) is 11.3 Å². The summed E-state index contributed by atoms with van der Waals surface area (Å²) >= 11 is 0. The molecular formula is C21H32O2. The van der Waals surface area contributed by atoms with Crippen LogP contribution in [-0.4, -0.2) is 12.9 Å². The van der Waals surface area contributed by atoms with Crippen molar-refractivity contribution >= 4 is 0 Å². The Morgan fingerprint density at radius 2 is 1.83 bits per heavy atom. The molecule has 2 aliphatic rings. The molecule has 128 valence electrons. The number of hydrogen-bond donors (Lipinski definition) is 0. The molecule has 3 rings (SSSR count). The molecule has 23 heavy (non-hydrogen) atoms. The predicted molar refractivity (Wildman–Crippen MR) is 94.8 cm³/mol. The van der Waals surface area contributed by atoms with E-state index in [0.29, 0.717) is 11.3 Å². The standard InChI is InChI=1S/C21H32O2/c1-4-16(3)18-6-8-19(9-7-18)23-20(22-5-2)15-21-12-10-17(14-21)11-13-21/h6-9,16-17,20H,4-5,10-15H2,1-3H3. The quantitative estimate of drug-likeness (QED) is 0.555. The van der Waals surface area contributed by atoms with Crippen molar-refractivity contribution in [3.63, 3.8) is 0 Å². The van der Waals surface area contributed by atoms with Gasteiger partial charge in [0.2, 0.25) is 0 Å². The fourth-order valence-corrected chi connectivity index (χ4v) is 4.53. The van der Waals surface area contributed by atoms with Crippen molar-refractivity contribution in [1.29, 1.82) is 0 Å². The van der Waals surface area contributed by atoms with E-state index in [2.05, 4.69) is 45.0 Å². The minimum Gasteiger partial charge on any atom is -0.465 e. The summed E-state index contributed by atoms with van der Waals surface area (Å²) in [5, 5.41) is 0. The third-order valence-corrected chi connectivity index (χ3v) is 6.17. The van der Waals surface area contributed by atoms with Crippen LogP contribution in [0.5, 0.6) is 5.75 Å². The zero-order valence-corrected chi connectivity index (χ0v) is 15.0. The zero-order valence-electron chi connectivity index (χ0n) is 15.0. The first-order valence-electron chi connectivity index (χ1n) is 9.52. The fraction of sp³-hybridized carbons (Fsp3) is 0.714. The third kappa shape index (κ3) is 3.91. The number of fused-ring (bicyclic) bond motifs is 2. The highest BCUT2D eigenvalue weighted by Crippen LogP contribution is 2.56. The second kappa shape index (κ2) is 7.25. The number of ether oxygens (including phenoxy) is 2. The molecule has 0 aliphatic heterocycles. The van der Waals surface area contributed by atoms with Crippen LogP contribution in [0.25, 0.3) is 0 Å². The summed E-state index contributed by atoms with van der Waals surface area (Å²) in [4.78, 5) is 0. The first-order chi connectivity index (χ1) is 11.1. The highest BCUT2D eigenvalue weighted by atomic mass is 16.7. The minimum atomic E-state index is -0.0914. The van der Waals surface area contributed by atoms with Gasteiger partial charge in [-0.15, -0.1) is 0 Å². The average molecular weight is 316 g/mol. The molecule has 0 heterocycles. The molecule has 2 aliphatic carbocycles. The zero-order chi connectivity index (χ0) is 16.3. The van der Waals surface area contributed by atoms with Gasteiger partial charge in [-0.05, 0) is 80.4 Å². The monoisotopic (exact) mass is 316 g/mol. The molecule has 0 saturated heterocycles. The summed E-state index contributed by atoms with van der Waals surface area (Å²) in [6.45, 7) is 7.28. The largest absolute Gasteiger partial charge is 0.465 e. The van der Waals surface area contributed by atoms with Crippen molar-refractivity contribution in [1.82, 2.24) is 0 Å². The molecule has 0 aromatic heterocycles. The topological polar surface area (TPSA) is 18.5 Å². The van der Waals surface area contributed by atoms with Gasteiger partial charge in [0.05, 0.1) is 0 Å². The van der Waals surface area contributed by atoms with E-state index in [4.69, 9.17) is 9.47 Å². The second-order valence-corrected chi connectivity index (χ2v) is 7.73. The summed E-state index contributed by atoms with van der Waals surface area (Å²) in [5.41, 5.74) is 1.89. The summed E-state index contributed by atoms with van der Waals surface area (Å²) in [5.74, 6) is 2.53. The van der Waals surface area contributed by atoms with E-state index in [1.165, 1.54) is 44.1 Å². The highest BCUT2D eigenvalue weighted by Gasteiger charge is 2.46. The van der Waals surface area contributed by atoms with Crippen LogP contribution in [0.4, 0.5) is 0 Å². The van der Waals surface area contributed by atoms with Crippen LogP contribution in [0.2, 0.25) is 0 Å². The van der Waals surface area contributed by atoms with Crippen LogP contribution in [0, 0.1) is 11.3 Å². The van der Waals surface area contributed by atoms with Crippen LogP contribution in [-0.2, 0) is 4.74 Å². The van der Waals surface area contributed by atoms with E-state index in [1.807, 2.05) is 0 Å². The first-order valence-corrected chi connectivity index (χ1v) is 9.52. The lowest BCUT2D eigenvalue weighted by atomic mass is 9.81. The molecule has 2 nitrogen and oxygen atoms in total. The Morgan fingerprint density at radius 3 is 2.35 bits per heavy atom. The Bertz CT molecular complexity index is 485. The SMILES string of the molecule is CCOC(CC12CCC(CC1)C2)Oc1ccc(C(C)CC)cc1. The maximum Gasteiger partial charge on any atom is 0.200 e. The Kier molecular flexibility index (Phi) is 5.31. The first kappa shape index (κ1) is 16.8. The molecule has 2 fully saturated rings. The molecule has 2 heteroatoms. The van der Waals surface area contributed by atoms with Gasteiger partial charge < -0.3 is 9.47 Å². The van der Waals surface area contributed by atoms with Gasteiger partial charge in [-0.2, -0.15) is 0 Å². The van der Waals surface area contributed by atoms with Gasteiger partial charge in [-0.3, -0.25) is 0 Å². The molecule has 1 aromatic carbocycles. The van der Waals surface area contributed by atoms with Gasteiger partial charge >= 0.3 is 0 Å². The fourth-order valence-electron chi connectivity index (χ4n) is 4.53. The van der Waals surface area contributed by atoms with E-state index < -0.39 is 0 Å². The van der Waals surface area contributed by atoms with E-state index in [1.54, 1.807) is 0 Å². The predicted octanol–water partition coefficient (Wildman–Crippen LogP) is 5.91. The van der Waals surface area contributed by atoms with Crippen LogP contribution in [0.1, 0.15) is 77.2 Å². The molecule has 0 spiro atoms. The van der Waals surface area contributed by atoms with Gasteiger partial charge in [0.25, 0.3) is 0 Å². The maximum absolute atomic E-state index is 6.21. The van der Waals surface area contributed by atoms with Gasteiger partial charge in [-0.25, -0.2) is 0 Å². The molecule has 1 aromatic rings. The van der Waals surface area contributed by atoms with Crippen molar-refractivity contribution in [2.45, 2.75) is 77.9 Å². The Morgan fingerprint density at radius 1 is 1.13 bits per heavy atom. The molecule has 2 bridgehead atoms. The van der Waals surface area contributed by atoms with Crippen LogP contribution in [0.15, 0.2) is 24.3 Å². The highest BCUT2D eigenvalue weighted by molar-refractivity contribution is 5.29. The lowest BCUT2D eigenvalue weighted by molar-refractivity contribution is -0.100. The van der Waals surface area contributed by atoms with E-state index >= 15 is 0 Å². The number of rotatable bonds is 8. The smallest absolute Gasteiger partial charge is 0.200 e. The van der Waals surface area contributed by atoms with Gasteiger partial charge in [0.15, 0.2) is 6.29 Å². The van der Waals surface area contributed by atoms with E-state index in [9.17, 15) is 0 Å². The van der Waals surface area contributed by atoms with Crippen LogP contribution < -0.4 is 4.74 Å². The molecule has 2 unspecified atom stereocenters. The summed E-state index contributed by atoms with van der Waals surface area (Å²) in [6.07, 6.45) is 9.12. The Hall–Kier alpha value is -1.02. The summed E-state index contributed by atoms with van der Waals surface area (Å²) < 4.78 is 12.1. The van der Waals surface area contributed by atoms with Crippen molar-refractivity contribution in [3.8, 4) is 5.75 Å². The third-order valence-electron chi connectivity index (χ3n) is 6.17. The van der Waals surface area contributed by atoms with Crippen molar-refractivity contribution in [3.05, 3.63) is 29.8 Å². The summed E-state index contributed by atoms with van der Waals surface area (Å²) in [7, 11) is 0. The van der Waals surface area contributed by atoms with Crippen molar-refractivity contribution in [2.75, 3.05) is 6.61 Å². The maximum atomic E-state index is 6.21. The molecule has 2 atom stereocenters. The van der Waals surface area contributed by atoms with Crippen LogP contribution >= 0.6 is 0 Å². The Balaban J connectivity index is 1.62. The minimum absolute atomic E-state index is 0.0914. The van der Waals surface area contributed by atoms with Gasteiger partial charge in [0.1, 0.15) is 5.75 Å². The molecule has 2 saturated carbocycles. The van der Waals surface area contributed by atoms with Crippen LogP contribution in [0.3, 0.4) is 0 Å². The molecule has 0 amide bonds. The number of hydrogen-bond acceptors (Lipinski definition) is 2. The summed E-state index contributed by atoms with van der Waals surface area (Å²) in [6, 6.07) is 8.62. The Labute approximate surface area is 141 Å². The van der Waals surface area contributed by atoms with Crippen molar-refractivity contribution < 1.29 is 9.47 Å². The second-order valence-electron chi connectivity index (χ2n) is 7.73. The lowest BCUT2D eigenvalue weighted by Gasteiger charge is -2.31. The molecule has 0 radical (unpaired) electrons.